The molecule has 0 bridgehead atoms. The van der Waals surface area contributed by atoms with Crippen LogP contribution < -0.4 is 10.0 Å². The summed E-state index contributed by atoms with van der Waals surface area (Å²) in [4.78, 5) is 17.2. The molecule has 3 aromatic carbocycles. The minimum atomic E-state index is -3.76. The third kappa shape index (κ3) is 4.27. The van der Waals surface area contributed by atoms with Crippen molar-refractivity contribution in [3.05, 3.63) is 95.7 Å². The Hall–Kier alpha value is -3.71. The van der Waals surface area contributed by atoms with E-state index in [9.17, 15) is 13.2 Å². The summed E-state index contributed by atoms with van der Waals surface area (Å²) in [6, 6.07) is 20.4. The highest BCUT2D eigenvalue weighted by Gasteiger charge is 2.16. The maximum absolute atomic E-state index is 12.7. The maximum Gasteiger partial charge on any atom is 0.261 e. The second-order valence-electron chi connectivity index (χ2n) is 7.23. The van der Waals surface area contributed by atoms with Crippen LogP contribution in [0.4, 0.5) is 11.4 Å². The van der Waals surface area contributed by atoms with Crippen LogP contribution in [0.1, 0.15) is 21.5 Å². The fraction of sp³-hybridized carbons (Fsp3) is 0.0833. The highest BCUT2D eigenvalue weighted by atomic mass is 32.2. The number of nitrogens with one attached hydrogen (secondary N) is 2. The van der Waals surface area contributed by atoms with Gasteiger partial charge in [-0.1, -0.05) is 24.3 Å². The smallest absolute Gasteiger partial charge is 0.261 e. The minimum Gasteiger partial charge on any atom is -0.321 e. The number of nitrogens with zero attached hydrogens (tertiary/aromatic N) is 1. The minimum absolute atomic E-state index is 0.0808. The SMILES string of the molecule is Cc1ccccc1NS(=O)(=O)c1ccc(C(=O)Nc2ccc(C)c3ncccc23)cc1. The molecule has 0 aliphatic rings. The lowest BCUT2D eigenvalue weighted by atomic mass is 10.1. The molecule has 0 atom stereocenters. The second kappa shape index (κ2) is 8.20. The molecule has 7 heteroatoms. The molecule has 1 aromatic heterocycles. The van der Waals surface area contributed by atoms with Crippen molar-refractivity contribution in [1.82, 2.24) is 4.98 Å². The number of fused-ring (bicyclic) bond motifs is 1. The summed E-state index contributed by atoms with van der Waals surface area (Å²) in [5.74, 6) is -0.329. The molecule has 0 saturated heterocycles. The average Bonchev–Trinajstić information content (AvgIpc) is 2.77. The lowest BCUT2D eigenvalue weighted by molar-refractivity contribution is 0.102. The number of sulfonamides is 1. The maximum atomic E-state index is 12.7. The largest absolute Gasteiger partial charge is 0.321 e. The summed E-state index contributed by atoms with van der Waals surface area (Å²) in [6.07, 6.45) is 1.71. The van der Waals surface area contributed by atoms with E-state index < -0.39 is 10.0 Å². The zero-order valence-electron chi connectivity index (χ0n) is 17.1. The summed E-state index contributed by atoms with van der Waals surface area (Å²) in [5, 5.41) is 3.73. The Kier molecular flexibility index (Phi) is 5.44. The van der Waals surface area contributed by atoms with Gasteiger partial charge in [-0.25, -0.2) is 8.42 Å². The lowest BCUT2D eigenvalue weighted by Gasteiger charge is -2.12. The zero-order chi connectivity index (χ0) is 22.0. The van der Waals surface area contributed by atoms with Crippen LogP contribution in [0.5, 0.6) is 0 Å². The molecule has 0 fully saturated rings. The van der Waals surface area contributed by atoms with Crippen molar-refractivity contribution < 1.29 is 13.2 Å². The Labute approximate surface area is 181 Å². The molecule has 0 spiro atoms. The van der Waals surface area contributed by atoms with E-state index in [4.69, 9.17) is 0 Å². The Morgan fingerprint density at radius 2 is 1.55 bits per heavy atom. The van der Waals surface area contributed by atoms with Gasteiger partial charge in [0.05, 0.1) is 21.8 Å². The van der Waals surface area contributed by atoms with Gasteiger partial charge in [0.15, 0.2) is 0 Å². The molecule has 1 amide bonds. The predicted octanol–water partition coefficient (Wildman–Crippen LogP) is 4.90. The molecule has 156 valence electrons. The molecule has 0 saturated carbocycles. The van der Waals surface area contributed by atoms with Crippen molar-refractivity contribution in [2.45, 2.75) is 18.7 Å². The highest BCUT2D eigenvalue weighted by Crippen LogP contribution is 2.25. The number of aryl methyl sites for hydroxylation is 2. The second-order valence-corrected chi connectivity index (χ2v) is 8.91. The van der Waals surface area contributed by atoms with Crippen LogP contribution in [0.25, 0.3) is 10.9 Å². The first kappa shape index (κ1) is 20.6. The Bertz CT molecular complexity index is 1380. The van der Waals surface area contributed by atoms with E-state index in [-0.39, 0.29) is 10.8 Å². The number of anilines is 2. The molecule has 6 nitrogen and oxygen atoms in total. The fourth-order valence-corrected chi connectivity index (χ4v) is 4.42. The number of hydrogen-bond donors (Lipinski definition) is 2. The lowest BCUT2D eigenvalue weighted by Crippen LogP contribution is -2.15. The molecular formula is C24H21N3O3S. The molecule has 2 N–H and O–H groups in total. The van der Waals surface area contributed by atoms with E-state index >= 15 is 0 Å². The molecule has 0 unspecified atom stereocenters. The van der Waals surface area contributed by atoms with Gasteiger partial charge in [-0.05, 0) is 73.5 Å². The number of rotatable bonds is 5. The topological polar surface area (TPSA) is 88.2 Å². The number of carbonyl (C=O) groups excluding carboxylic acids is 1. The van der Waals surface area contributed by atoms with Crippen molar-refractivity contribution in [3.8, 4) is 0 Å². The number of para-hydroxylation sites is 1. The molecular weight excluding hydrogens is 410 g/mol. The van der Waals surface area contributed by atoms with Crippen LogP contribution in [-0.2, 0) is 10.0 Å². The van der Waals surface area contributed by atoms with Crippen molar-refractivity contribution in [2.24, 2.45) is 0 Å². The van der Waals surface area contributed by atoms with E-state index in [2.05, 4.69) is 15.0 Å². The summed E-state index contributed by atoms with van der Waals surface area (Å²) in [6.45, 7) is 3.79. The van der Waals surface area contributed by atoms with Crippen molar-refractivity contribution >= 4 is 38.2 Å². The molecule has 31 heavy (non-hydrogen) atoms. The molecule has 0 radical (unpaired) electrons. The number of amides is 1. The van der Waals surface area contributed by atoms with Gasteiger partial charge in [-0.2, -0.15) is 0 Å². The van der Waals surface area contributed by atoms with Gasteiger partial charge in [0.2, 0.25) is 0 Å². The Balaban J connectivity index is 1.55. The van der Waals surface area contributed by atoms with E-state index in [0.717, 1.165) is 22.0 Å². The van der Waals surface area contributed by atoms with Crippen LogP contribution >= 0.6 is 0 Å². The average molecular weight is 432 g/mol. The van der Waals surface area contributed by atoms with E-state index in [1.165, 1.54) is 24.3 Å². The fourth-order valence-electron chi connectivity index (χ4n) is 3.29. The first-order valence-electron chi connectivity index (χ1n) is 9.69. The summed E-state index contributed by atoms with van der Waals surface area (Å²) < 4.78 is 28.0. The third-order valence-electron chi connectivity index (χ3n) is 5.04. The standard InChI is InChI=1S/C24H21N3O3S/c1-16-6-3-4-8-21(16)27-31(29,30)19-12-10-18(11-13-19)24(28)26-22-14-9-17(2)23-20(22)7-5-15-25-23/h3-15,27H,1-2H3,(H,26,28). The molecule has 4 rings (SSSR count). The van der Waals surface area contributed by atoms with Gasteiger partial charge in [-0.15, -0.1) is 0 Å². The van der Waals surface area contributed by atoms with Crippen molar-refractivity contribution in [2.75, 3.05) is 10.0 Å². The zero-order valence-corrected chi connectivity index (χ0v) is 17.9. The first-order chi connectivity index (χ1) is 14.8. The number of pyridine rings is 1. The predicted molar refractivity (Wildman–Crippen MR) is 123 cm³/mol. The van der Waals surface area contributed by atoms with Gasteiger partial charge >= 0.3 is 0 Å². The van der Waals surface area contributed by atoms with Crippen LogP contribution in [0.2, 0.25) is 0 Å². The molecule has 4 aromatic rings. The number of benzene rings is 3. The van der Waals surface area contributed by atoms with Crippen molar-refractivity contribution in [1.29, 1.82) is 0 Å². The molecule has 0 aliphatic carbocycles. The van der Waals surface area contributed by atoms with Gasteiger partial charge < -0.3 is 5.32 Å². The van der Waals surface area contributed by atoms with E-state index in [1.54, 1.807) is 18.3 Å². The first-order valence-corrected chi connectivity index (χ1v) is 11.2. The normalized spacial score (nSPS) is 11.3. The van der Waals surface area contributed by atoms with Crippen LogP contribution in [0.3, 0.4) is 0 Å². The van der Waals surface area contributed by atoms with Gasteiger partial charge in [0.25, 0.3) is 15.9 Å². The Morgan fingerprint density at radius 1 is 0.806 bits per heavy atom. The Morgan fingerprint density at radius 3 is 2.29 bits per heavy atom. The summed E-state index contributed by atoms with van der Waals surface area (Å²) in [7, 11) is -3.76. The van der Waals surface area contributed by atoms with E-state index in [0.29, 0.717) is 16.9 Å². The number of hydrogen-bond acceptors (Lipinski definition) is 4. The number of carbonyl (C=O) groups is 1. The monoisotopic (exact) mass is 431 g/mol. The van der Waals surface area contributed by atoms with Crippen LogP contribution in [-0.4, -0.2) is 19.3 Å². The van der Waals surface area contributed by atoms with Gasteiger partial charge in [-0.3, -0.25) is 14.5 Å². The molecule has 0 aliphatic heterocycles. The third-order valence-corrected chi connectivity index (χ3v) is 6.42. The van der Waals surface area contributed by atoms with Crippen LogP contribution in [0.15, 0.2) is 83.9 Å². The van der Waals surface area contributed by atoms with Gasteiger partial charge in [0.1, 0.15) is 0 Å². The van der Waals surface area contributed by atoms with E-state index in [1.807, 2.05) is 50.2 Å². The molecule has 1 heterocycles. The van der Waals surface area contributed by atoms with Crippen LogP contribution in [0, 0.1) is 13.8 Å². The number of aromatic nitrogens is 1. The van der Waals surface area contributed by atoms with Crippen molar-refractivity contribution in [3.63, 3.8) is 0 Å². The van der Waals surface area contributed by atoms with Gasteiger partial charge in [0, 0.05) is 17.1 Å². The highest BCUT2D eigenvalue weighted by molar-refractivity contribution is 7.92. The quantitative estimate of drug-likeness (QED) is 0.470. The summed E-state index contributed by atoms with van der Waals surface area (Å²) in [5.41, 5.74) is 4.18. The summed E-state index contributed by atoms with van der Waals surface area (Å²) >= 11 is 0.